The molecule has 0 aromatic heterocycles. The van der Waals surface area contributed by atoms with Gasteiger partial charge in [0.25, 0.3) is 0 Å². The van der Waals surface area contributed by atoms with Gasteiger partial charge in [0.15, 0.2) is 0 Å². The van der Waals surface area contributed by atoms with Crippen molar-refractivity contribution in [3.63, 3.8) is 0 Å². The summed E-state index contributed by atoms with van der Waals surface area (Å²) >= 11 is 0. The minimum Gasteiger partial charge on any atom is -0.485 e. The number of aliphatic hydroxyl groups excluding tert-OH is 1. The molecule has 2 aromatic carbocycles. The fraction of sp³-hybridized carbons (Fsp3) is 0.200. The maximum atomic E-state index is 13.2. The van der Waals surface area contributed by atoms with Crippen molar-refractivity contribution in [2.45, 2.75) is 18.6 Å². The Labute approximate surface area is 105 Å². The summed E-state index contributed by atoms with van der Waals surface area (Å²) in [5.41, 5.74) is 1.65. The fourth-order valence-corrected chi connectivity index (χ4v) is 2.29. The van der Waals surface area contributed by atoms with Gasteiger partial charge in [-0.15, -0.1) is 0 Å². The van der Waals surface area contributed by atoms with Crippen molar-refractivity contribution < 1.29 is 14.2 Å². The zero-order valence-corrected chi connectivity index (χ0v) is 9.71. The van der Waals surface area contributed by atoms with Gasteiger partial charge in [0.05, 0.1) is 6.10 Å². The molecule has 1 heterocycles. The SMILES string of the molecule is O[C@H]1CC(c2ccccc2)Oc2cc(F)ccc21. The smallest absolute Gasteiger partial charge is 0.128 e. The lowest BCUT2D eigenvalue weighted by atomic mass is 9.95. The van der Waals surface area contributed by atoms with E-state index in [1.165, 1.54) is 12.1 Å². The lowest BCUT2D eigenvalue weighted by Crippen LogP contribution is -2.19. The average molecular weight is 244 g/mol. The Morgan fingerprint density at radius 2 is 1.89 bits per heavy atom. The fourth-order valence-electron chi connectivity index (χ4n) is 2.29. The summed E-state index contributed by atoms with van der Waals surface area (Å²) < 4.78 is 19.0. The lowest BCUT2D eigenvalue weighted by molar-refractivity contribution is 0.0654. The Morgan fingerprint density at radius 3 is 2.67 bits per heavy atom. The Morgan fingerprint density at radius 1 is 1.11 bits per heavy atom. The third-order valence-electron chi connectivity index (χ3n) is 3.21. The first-order chi connectivity index (χ1) is 8.74. The summed E-state index contributed by atoms with van der Waals surface area (Å²) in [7, 11) is 0. The Hall–Kier alpha value is -1.87. The second kappa shape index (κ2) is 4.42. The van der Waals surface area contributed by atoms with E-state index >= 15 is 0 Å². The van der Waals surface area contributed by atoms with Gasteiger partial charge in [0, 0.05) is 18.1 Å². The van der Waals surface area contributed by atoms with Crippen molar-refractivity contribution in [3.05, 3.63) is 65.5 Å². The van der Waals surface area contributed by atoms with Crippen molar-refractivity contribution in [3.8, 4) is 5.75 Å². The Bertz CT molecular complexity index is 554. The van der Waals surface area contributed by atoms with Gasteiger partial charge in [-0.1, -0.05) is 30.3 Å². The molecule has 3 heteroatoms. The van der Waals surface area contributed by atoms with Crippen LogP contribution in [0.2, 0.25) is 0 Å². The number of fused-ring (bicyclic) bond motifs is 1. The van der Waals surface area contributed by atoms with Gasteiger partial charge in [0.2, 0.25) is 0 Å². The van der Waals surface area contributed by atoms with Crippen LogP contribution >= 0.6 is 0 Å². The van der Waals surface area contributed by atoms with Crippen LogP contribution in [0.5, 0.6) is 5.75 Å². The molecule has 2 atom stereocenters. The number of aliphatic hydroxyl groups is 1. The average Bonchev–Trinajstić information content (AvgIpc) is 2.39. The maximum Gasteiger partial charge on any atom is 0.128 e. The zero-order chi connectivity index (χ0) is 12.5. The molecule has 0 fully saturated rings. The van der Waals surface area contributed by atoms with Crippen LogP contribution in [0.1, 0.15) is 29.8 Å². The summed E-state index contributed by atoms with van der Waals surface area (Å²) in [5, 5.41) is 10.1. The van der Waals surface area contributed by atoms with E-state index in [4.69, 9.17) is 4.74 Å². The molecule has 1 unspecified atom stereocenters. The molecule has 1 N–H and O–H groups in total. The van der Waals surface area contributed by atoms with E-state index in [9.17, 15) is 9.50 Å². The summed E-state index contributed by atoms with van der Waals surface area (Å²) in [4.78, 5) is 0. The normalized spacial score (nSPS) is 22.1. The highest BCUT2D eigenvalue weighted by Crippen LogP contribution is 2.40. The highest BCUT2D eigenvalue weighted by atomic mass is 19.1. The Kier molecular flexibility index (Phi) is 2.76. The van der Waals surface area contributed by atoms with E-state index in [-0.39, 0.29) is 11.9 Å². The van der Waals surface area contributed by atoms with Gasteiger partial charge in [-0.25, -0.2) is 4.39 Å². The lowest BCUT2D eigenvalue weighted by Gasteiger charge is -2.29. The van der Waals surface area contributed by atoms with Crippen molar-refractivity contribution in [1.82, 2.24) is 0 Å². The molecule has 2 nitrogen and oxygen atoms in total. The van der Waals surface area contributed by atoms with Crippen molar-refractivity contribution >= 4 is 0 Å². The molecule has 2 aromatic rings. The summed E-state index contributed by atoms with van der Waals surface area (Å²) in [6.45, 7) is 0. The summed E-state index contributed by atoms with van der Waals surface area (Å²) in [6.07, 6.45) is -0.349. The van der Waals surface area contributed by atoms with Crippen LogP contribution in [-0.4, -0.2) is 5.11 Å². The van der Waals surface area contributed by atoms with Crippen LogP contribution in [0, 0.1) is 5.82 Å². The summed E-state index contributed by atoms with van der Waals surface area (Å²) in [6, 6.07) is 13.9. The van der Waals surface area contributed by atoms with Gasteiger partial charge in [-0.3, -0.25) is 0 Å². The zero-order valence-electron chi connectivity index (χ0n) is 9.71. The molecule has 0 saturated carbocycles. The molecule has 1 aliphatic heterocycles. The van der Waals surface area contributed by atoms with E-state index in [0.29, 0.717) is 17.7 Å². The van der Waals surface area contributed by atoms with Crippen LogP contribution in [-0.2, 0) is 0 Å². The van der Waals surface area contributed by atoms with E-state index in [1.54, 1.807) is 6.07 Å². The highest BCUT2D eigenvalue weighted by Gasteiger charge is 2.28. The maximum absolute atomic E-state index is 13.2. The highest BCUT2D eigenvalue weighted by molar-refractivity contribution is 5.38. The third-order valence-corrected chi connectivity index (χ3v) is 3.21. The third kappa shape index (κ3) is 1.97. The number of hydrogen-bond acceptors (Lipinski definition) is 2. The van der Waals surface area contributed by atoms with E-state index in [2.05, 4.69) is 0 Å². The molecule has 18 heavy (non-hydrogen) atoms. The minimum atomic E-state index is -0.612. The molecular weight excluding hydrogens is 231 g/mol. The standard InChI is InChI=1S/C15H13FO2/c16-11-6-7-12-13(17)9-14(18-15(12)8-11)10-4-2-1-3-5-10/h1-8,13-14,17H,9H2/t13-,14?/m0/s1. The largest absolute Gasteiger partial charge is 0.485 e. The van der Waals surface area contributed by atoms with E-state index < -0.39 is 6.10 Å². The van der Waals surface area contributed by atoms with Gasteiger partial charge < -0.3 is 9.84 Å². The molecule has 92 valence electrons. The molecule has 0 amide bonds. The minimum absolute atomic E-state index is 0.226. The molecule has 3 rings (SSSR count). The summed E-state index contributed by atoms with van der Waals surface area (Å²) in [5.74, 6) is 0.0808. The van der Waals surface area contributed by atoms with Gasteiger partial charge in [0.1, 0.15) is 17.7 Å². The molecule has 0 aliphatic carbocycles. The quantitative estimate of drug-likeness (QED) is 0.833. The van der Waals surface area contributed by atoms with E-state index in [1.807, 2.05) is 30.3 Å². The van der Waals surface area contributed by atoms with Crippen molar-refractivity contribution in [1.29, 1.82) is 0 Å². The van der Waals surface area contributed by atoms with Crippen LogP contribution in [0.3, 0.4) is 0 Å². The van der Waals surface area contributed by atoms with Crippen LogP contribution < -0.4 is 4.74 Å². The molecule has 0 bridgehead atoms. The van der Waals surface area contributed by atoms with Crippen molar-refractivity contribution in [2.24, 2.45) is 0 Å². The monoisotopic (exact) mass is 244 g/mol. The van der Waals surface area contributed by atoms with Crippen LogP contribution in [0.15, 0.2) is 48.5 Å². The van der Waals surface area contributed by atoms with Crippen LogP contribution in [0.25, 0.3) is 0 Å². The molecular formula is C15H13FO2. The Balaban J connectivity index is 1.96. The number of benzene rings is 2. The van der Waals surface area contributed by atoms with Crippen LogP contribution in [0.4, 0.5) is 4.39 Å². The number of hydrogen-bond donors (Lipinski definition) is 1. The van der Waals surface area contributed by atoms with Gasteiger partial charge >= 0.3 is 0 Å². The number of rotatable bonds is 1. The first-order valence-electron chi connectivity index (χ1n) is 5.93. The predicted molar refractivity (Wildman–Crippen MR) is 65.8 cm³/mol. The first-order valence-corrected chi connectivity index (χ1v) is 5.93. The predicted octanol–water partition coefficient (Wildman–Crippen LogP) is 3.38. The first kappa shape index (κ1) is 11.2. The molecule has 0 spiro atoms. The van der Waals surface area contributed by atoms with Gasteiger partial charge in [-0.2, -0.15) is 0 Å². The molecule has 0 saturated heterocycles. The second-order valence-electron chi connectivity index (χ2n) is 4.45. The number of ether oxygens (including phenoxy) is 1. The molecule has 1 aliphatic rings. The topological polar surface area (TPSA) is 29.5 Å². The molecule has 0 radical (unpaired) electrons. The van der Waals surface area contributed by atoms with Gasteiger partial charge in [-0.05, 0) is 17.7 Å². The van der Waals surface area contributed by atoms with E-state index in [0.717, 1.165) is 5.56 Å². The second-order valence-corrected chi connectivity index (χ2v) is 4.45. The number of halogens is 1. The van der Waals surface area contributed by atoms with Crippen molar-refractivity contribution in [2.75, 3.05) is 0 Å².